The number of H-pyrrole nitrogens is 1. The van der Waals surface area contributed by atoms with Crippen molar-refractivity contribution in [1.29, 1.82) is 0 Å². The number of nitrogens with one attached hydrogen (secondary N) is 2. The van der Waals surface area contributed by atoms with Crippen molar-refractivity contribution >= 4 is 11.6 Å². The van der Waals surface area contributed by atoms with Gasteiger partial charge in [0.15, 0.2) is 11.5 Å². The summed E-state index contributed by atoms with van der Waals surface area (Å²) >= 11 is 0. The molecule has 0 atom stereocenters. The van der Waals surface area contributed by atoms with Crippen molar-refractivity contribution in [3.8, 4) is 0 Å². The number of hydrogen-bond donors (Lipinski definition) is 3. The van der Waals surface area contributed by atoms with Crippen LogP contribution in [0, 0.1) is 6.92 Å². The number of nitrogens with two attached hydrogens (primary N) is 1. The van der Waals surface area contributed by atoms with E-state index in [-0.39, 0.29) is 18.1 Å². The van der Waals surface area contributed by atoms with E-state index in [0.717, 1.165) is 24.2 Å². The van der Waals surface area contributed by atoms with Crippen LogP contribution < -0.4 is 11.1 Å². The molecule has 0 radical (unpaired) electrons. The molecule has 0 spiro atoms. The molecule has 0 unspecified atom stereocenters. The Bertz CT molecular complexity index is 611. The maximum Gasteiger partial charge on any atom is 0.274 e. The van der Waals surface area contributed by atoms with Gasteiger partial charge in [-0.3, -0.25) is 9.89 Å². The molecule has 100 valence electrons. The van der Waals surface area contributed by atoms with Crippen LogP contribution in [0.25, 0.3) is 0 Å². The van der Waals surface area contributed by atoms with E-state index in [2.05, 4.69) is 20.7 Å². The third-order valence-electron chi connectivity index (χ3n) is 3.13. The average Bonchev–Trinajstić information content (AvgIpc) is 3.03. The predicted molar refractivity (Wildman–Crippen MR) is 67.4 cm³/mol. The van der Waals surface area contributed by atoms with Gasteiger partial charge in [0.1, 0.15) is 0 Å². The number of carbonyl (C=O) groups is 1. The smallest absolute Gasteiger partial charge is 0.274 e. The Balaban J connectivity index is 1.66. The number of aryl methyl sites for hydroxylation is 1. The van der Waals surface area contributed by atoms with E-state index in [1.165, 1.54) is 0 Å². The third kappa shape index (κ3) is 2.31. The van der Waals surface area contributed by atoms with Gasteiger partial charge in [-0.05, 0) is 19.8 Å². The van der Waals surface area contributed by atoms with Crippen molar-refractivity contribution in [2.75, 3.05) is 5.73 Å². The topological polar surface area (TPSA) is 110 Å². The molecular formula is C12H15N5O2. The highest BCUT2D eigenvalue weighted by Crippen LogP contribution is 2.42. The zero-order valence-corrected chi connectivity index (χ0v) is 10.6. The van der Waals surface area contributed by atoms with E-state index < -0.39 is 0 Å². The van der Waals surface area contributed by atoms with Crippen LogP contribution >= 0.6 is 0 Å². The van der Waals surface area contributed by atoms with Gasteiger partial charge in [0.05, 0.1) is 23.6 Å². The van der Waals surface area contributed by atoms with Crippen molar-refractivity contribution in [2.45, 2.75) is 32.2 Å². The van der Waals surface area contributed by atoms with Gasteiger partial charge < -0.3 is 15.6 Å². The summed E-state index contributed by atoms with van der Waals surface area (Å²) in [6.07, 6.45) is 2.20. The largest absolute Gasteiger partial charge is 0.395 e. The van der Waals surface area contributed by atoms with Gasteiger partial charge in [-0.15, -0.1) is 0 Å². The van der Waals surface area contributed by atoms with E-state index in [9.17, 15) is 4.79 Å². The summed E-state index contributed by atoms with van der Waals surface area (Å²) in [5.41, 5.74) is 8.28. The fourth-order valence-electron chi connectivity index (χ4n) is 1.97. The summed E-state index contributed by atoms with van der Waals surface area (Å²) in [6, 6.07) is 1.77. The van der Waals surface area contributed by atoms with E-state index in [1.54, 1.807) is 6.07 Å². The summed E-state index contributed by atoms with van der Waals surface area (Å²) in [5.74, 6) is 0.725. The molecule has 4 N–H and O–H groups in total. The SMILES string of the molecule is Cc1cc(CNC(=O)c2n[nH]c(C3CC3)c2N)on1. The van der Waals surface area contributed by atoms with E-state index in [0.29, 0.717) is 17.4 Å². The van der Waals surface area contributed by atoms with Crippen LogP contribution in [0.3, 0.4) is 0 Å². The highest BCUT2D eigenvalue weighted by Gasteiger charge is 2.30. The quantitative estimate of drug-likeness (QED) is 0.763. The van der Waals surface area contributed by atoms with Gasteiger partial charge in [-0.1, -0.05) is 5.16 Å². The molecule has 0 saturated heterocycles. The number of rotatable bonds is 4. The first-order chi connectivity index (χ1) is 9.15. The Morgan fingerprint density at radius 2 is 2.42 bits per heavy atom. The van der Waals surface area contributed by atoms with Crippen molar-refractivity contribution in [3.63, 3.8) is 0 Å². The van der Waals surface area contributed by atoms with Crippen LogP contribution in [0.1, 0.15) is 46.4 Å². The Labute approximate surface area is 109 Å². The summed E-state index contributed by atoms with van der Waals surface area (Å²) in [4.78, 5) is 12.0. The lowest BCUT2D eigenvalue weighted by atomic mass is 10.2. The van der Waals surface area contributed by atoms with Crippen molar-refractivity contribution < 1.29 is 9.32 Å². The molecule has 0 bridgehead atoms. The number of carbonyl (C=O) groups excluding carboxylic acids is 1. The lowest BCUT2D eigenvalue weighted by Crippen LogP contribution is -2.23. The maximum absolute atomic E-state index is 12.0. The Kier molecular flexibility index (Phi) is 2.73. The molecule has 7 nitrogen and oxygen atoms in total. The van der Waals surface area contributed by atoms with Gasteiger partial charge in [0.25, 0.3) is 5.91 Å². The van der Waals surface area contributed by atoms with Crippen LogP contribution in [0.5, 0.6) is 0 Å². The highest BCUT2D eigenvalue weighted by molar-refractivity contribution is 5.97. The molecule has 2 aromatic rings. The Hall–Kier alpha value is -2.31. The first-order valence-corrected chi connectivity index (χ1v) is 6.19. The molecule has 7 heteroatoms. The normalized spacial score (nSPS) is 14.6. The molecule has 1 aliphatic rings. The minimum Gasteiger partial charge on any atom is -0.395 e. The lowest BCUT2D eigenvalue weighted by Gasteiger charge is -2.01. The number of aromatic nitrogens is 3. The molecule has 2 aromatic heterocycles. The molecule has 1 aliphatic carbocycles. The summed E-state index contributed by atoms with van der Waals surface area (Å²) < 4.78 is 5.01. The van der Waals surface area contributed by atoms with E-state index in [1.807, 2.05) is 6.92 Å². The monoisotopic (exact) mass is 261 g/mol. The molecular weight excluding hydrogens is 246 g/mol. The minimum absolute atomic E-state index is 0.248. The average molecular weight is 261 g/mol. The van der Waals surface area contributed by atoms with Crippen molar-refractivity contribution in [2.24, 2.45) is 0 Å². The molecule has 0 aromatic carbocycles. The van der Waals surface area contributed by atoms with Crippen LogP contribution in [0.15, 0.2) is 10.6 Å². The van der Waals surface area contributed by atoms with Gasteiger partial charge in [0, 0.05) is 12.0 Å². The molecule has 0 aliphatic heterocycles. The first-order valence-electron chi connectivity index (χ1n) is 6.19. The predicted octanol–water partition coefficient (Wildman–Crippen LogP) is 1.10. The fraction of sp³-hybridized carbons (Fsp3) is 0.417. The van der Waals surface area contributed by atoms with Gasteiger partial charge >= 0.3 is 0 Å². The second kappa shape index (κ2) is 4.42. The van der Waals surface area contributed by atoms with Gasteiger partial charge in [0.2, 0.25) is 0 Å². The first kappa shape index (κ1) is 11.8. The number of hydrogen-bond acceptors (Lipinski definition) is 5. The number of amides is 1. The number of nitrogen functional groups attached to an aromatic ring is 1. The molecule has 19 heavy (non-hydrogen) atoms. The molecule has 1 saturated carbocycles. The van der Waals surface area contributed by atoms with Crippen molar-refractivity contribution in [1.82, 2.24) is 20.7 Å². The van der Waals surface area contributed by atoms with Gasteiger partial charge in [-0.2, -0.15) is 5.10 Å². The maximum atomic E-state index is 12.0. The summed E-state index contributed by atoms with van der Waals surface area (Å²) in [7, 11) is 0. The summed E-state index contributed by atoms with van der Waals surface area (Å²) in [5, 5.41) is 13.3. The third-order valence-corrected chi connectivity index (χ3v) is 3.13. The van der Waals surface area contributed by atoms with Crippen LogP contribution in [-0.4, -0.2) is 21.3 Å². The lowest BCUT2D eigenvalue weighted by molar-refractivity contribution is 0.0943. The minimum atomic E-state index is -0.310. The number of aromatic amines is 1. The van der Waals surface area contributed by atoms with Crippen LogP contribution in [0.4, 0.5) is 5.69 Å². The second-order valence-electron chi connectivity index (χ2n) is 4.79. The molecule has 2 heterocycles. The van der Waals surface area contributed by atoms with Crippen LogP contribution in [0.2, 0.25) is 0 Å². The second-order valence-corrected chi connectivity index (χ2v) is 4.79. The number of anilines is 1. The molecule has 1 fully saturated rings. The number of nitrogens with zero attached hydrogens (tertiary/aromatic N) is 2. The highest BCUT2D eigenvalue weighted by atomic mass is 16.5. The zero-order chi connectivity index (χ0) is 13.4. The fourth-order valence-corrected chi connectivity index (χ4v) is 1.97. The van der Waals surface area contributed by atoms with E-state index >= 15 is 0 Å². The molecule has 1 amide bonds. The van der Waals surface area contributed by atoms with Crippen LogP contribution in [-0.2, 0) is 6.54 Å². The van der Waals surface area contributed by atoms with E-state index in [4.69, 9.17) is 10.3 Å². The zero-order valence-electron chi connectivity index (χ0n) is 10.6. The Morgan fingerprint density at radius 3 is 3.05 bits per heavy atom. The standard InChI is InChI=1S/C12H15N5O2/c1-6-4-8(19-17-6)5-14-12(18)11-9(13)10(15-16-11)7-2-3-7/h4,7H,2-3,5,13H2,1H3,(H,14,18)(H,15,16). The van der Waals surface area contributed by atoms with Gasteiger partial charge in [-0.25, -0.2) is 0 Å². The summed E-state index contributed by atoms with van der Waals surface area (Å²) in [6.45, 7) is 2.09. The molecule has 3 rings (SSSR count). The van der Waals surface area contributed by atoms with Crippen molar-refractivity contribution in [3.05, 3.63) is 28.9 Å². The Morgan fingerprint density at radius 1 is 1.63 bits per heavy atom.